The van der Waals surface area contributed by atoms with Crippen molar-refractivity contribution in [2.75, 3.05) is 19.8 Å². The molecule has 1 aliphatic heterocycles. The Morgan fingerprint density at radius 2 is 1.62 bits per heavy atom. The molecule has 0 fully saturated rings. The molecule has 24 heavy (non-hydrogen) atoms. The fourth-order valence-electron chi connectivity index (χ4n) is 3.05. The van der Waals surface area contributed by atoms with Crippen LogP contribution in [0.15, 0.2) is 24.5 Å². The molecule has 2 aromatic rings. The maximum atomic E-state index is 5.76. The normalized spacial score (nSPS) is 14.3. The first-order valence-corrected chi connectivity index (χ1v) is 8.60. The third-order valence-electron chi connectivity index (χ3n) is 4.20. The lowest BCUT2D eigenvalue weighted by Gasteiger charge is -2.29. The highest BCUT2D eigenvalue weighted by Crippen LogP contribution is 2.34. The van der Waals surface area contributed by atoms with Crippen LogP contribution in [0.25, 0.3) is 0 Å². The zero-order valence-corrected chi connectivity index (χ0v) is 14.7. The monoisotopic (exact) mass is 327 g/mol. The number of nitrogens with zero attached hydrogens (tertiary/aromatic N) is 3. The van der Waals surface area contributed by atoms with Crippen molar-refractivity contribution < 1.29 is 9.47 Å². The molecule has 1 aromatic carbocycles. The zero-order chi connectivity index (χ0) is 16.9. The van der Waals surface area contributed by atoms with Crippen LogP contribution in [0.1, 0.15) is 36.4 Å². The first kappa shape index (κ1) is 16.7. The van der Waals surface area contributed by atoms with E-state index in [-0.39, 0.29) is 0 Å². The lowest BCUT2D eigenvalue weighted by Crippen LogP contribution is -2.30. The number of benzene rings is 1. The molecule has 5 heteroatoms. The number of fused-ring (bicyclic) bond motifs is 1. The molecular formula is C19H25N3O2. The van der Waals surface area contributed by atoms with Gasteiger partial charge in [-0.1, -0.05) is 0 Å². The highest BCUT2D eigenvalue weighted by atomic mass is 16.5. The van der Waals surface area contributed by atoms with Crippen molar-refractivity contribution in [1.29, 1.82) is 0 Å². The van der Waals surface area contributed by atoms with Gasteiger partial charge in [-0.05, 0) is 50.5 Å². The predicted octanol–water partition coefficient (Wildman–Crippen LogP) is 3.14. The summed E-state index contributed by atoms with van der Waals surface area (Å²) >= 11 is 0. The molecule has 0 atom stereocenters. The molecular weight excluding hydrogens is 302 g/mol. The summed E-state index contributed by atoms with van der Waals surface area (Å²) in [6, 6.07) is 4.29. The van der Waals surface area contributed by atoms with Crippen molar-refractivity contribution in [2.24, 2.45) is 0 Å². The van der Waals surface area contributed by atoms with E-state index in [1.165, 1.54) is 11.1 Å². The highest BCUT2D eigenvalue weighted by Gasteiger charge is 2.20. The van der Waals surface area contributed by atoms with Crippen LogP contribution in [-0.2, 0) is 19.5 Å². The number of rotatable bonds is 6. The van der Waals surface area contributed by atoms with E-state index in [0.29, 0.717) is 13.2 Å². The van der Waals surface area contributed by atoms with Gasteiger partial charge in [0.1, 0.15) is 5.82 Å². The Labute approximate surface area is 143 Å². The van der Waals surface area contributed by atoms with Gasteiger partial charge >= 0.3 is 0 Å². The Morgan fingerprint density at radius 1 is 1.00 bits per heavy atom. The van der Waals surface area contributed by atoms with Gasteiger partial charge in [0, 0.05) is 37.6 Å². The summed E-state index contributed by atoms with van der Waals surface area (Å²) < 4.78 is 11.5. The van der Waals surface area contributed by atoms with Crippen LogP contribution >= 0.6 is 0 Å². The summed E-state index contributed by atoms with van der Waals surface area (Å²) in [5, 5.41) is 0. The van der Waals surface area contributed by atoms with Crippen LogP contribution in [0, 0.1) is 6.92 Å². The fourth-order valence-corrected chi connectivity index (χ4v) is 3.05. The molecule has 128 valence electrons. The fraction of sp³-hybridized carbons (Fsp3) is 0.474. The molecule has 2 heterocycles. The SMILES string of the molecule is CCOc1cc2c(cc1OCC)CN(Cc1cnc(C)nc1)CC2. The molecule has 1 aliphatic rings. The van der Waals surface area contributed by atoms with E-state index in [0.717, 1.165) is 48.9 Å². The standard InChI is InChI=1S/C19H25N3O2/c1-4-23-18-8-16-6-7-22(12-15-10-20-14(3)21-11-15)13-17(16)9-19(18)24-5-2/h8-11H,4-7,12-13H2,1-3H3. The molecule has 1 aromatic heterocycles. The van der Waals surface area contributed by atoms with Gasteiger partial charge in [-0.15, -0.1) is 0 Å². The number of aryl methyl sites for hydroxylation is 1. The van der Waals surface area contributed by atoms with Gasteiger partial charge < -0.3 is 9.47 Å². The van der Waals surface area contributed by atoms with E-state index in [4.69, 9.17) is 9.47 Å². The Kier molecular flexibility index (Phi) is 5.30. The van der Waals surface area contributed by atoms with Crippen LogP contribution in [0.3, 0.4) is 0 Å². The molecule has 0 N–H and O–H groups in total. The molecule has 5 nitrogen and oxygen atoms in total. The van der Waals surface area contributed by atoms with Gasteiger partial charge in [-0.3, -0.25) is 4.90 Å². The van der Waals surface area contributed by atoms with Gasteiger partial charge in [-0.2, -0.15) is 0 Å². The quantitative estimate of drug-likeness (QED) is 0.816. The summed E-state index contributed by atoms with van der Waals surface area (Å²) in [5.41, 5.74) is 3.83. The average Bonchev–Trinajstić information content (AvgIpc) is 2.58. The number of hydrogen-bond acceptors (Lipinski definition) is 5. The topological polar surface area (TPSA) is 47.5 Å². The van der Waals surface area contributed by atoms with Crippen LogP contribution in [0.2, 0.25) is 0 Å². The Morgan fingerprint density at radius 3 is 2.25 bits per heavy atom. The second-order valence-electron chi connectivity index (χ2n) is 6.03. The van der Waals surface area contributed by atoms with Crippen molar-refractivity contribution >= 4 is 0 Å². The Hall–Kier alpha value is -2.14. The first-order chi connectivity index (χ1) is 11.7. The van der Waals surface area contributed by atoms with Gasteiger partial charge in [0.2, 0.25) is 0 Å². The minimum atomic E-state index is 0.642. The lowest BCUT2D eigenvalue weighted by atomic mass is 9.98. The van der Waals surface area contributed by atoms with E-state index in [9.17, 15) is 0 Å². The minimum absolute atomic E-state index is 0.642. The van der Waals surface area contributed by atoms with Crippen molar-refractivity contribution in [3.8, 4) is 11.5 Å². The maximum Gasteiger partial charge on any atom is 0.161 e. The number of hydrogen-bond donors (Lipinski definition) is 0. The summed E-state index contributed by atoms with van der Waals surface area (Å²) in [7, 11) is 0. The van der Waals surface area contributed by atoms with Crippen LogP contribution in [0.4, 0.5) is 0 Å². The number of aromatic nitrogens is 2. The molecule has 0 saturated carbocycles. The van der Waals surface area contributed by atoms with E-state index < -0.39 is 0 Å². The third kappa shape index (κ3) is 3.85. The second-order valence-corrected chi connectivity index (χ2v) is 6.03. The summed E-state index contributed by atoms with van der Waals surface area (Å²) in [4.78, 5) is 11.0. The summed E-state index contributed by atoms with van der Waals surface area (Å²) in [5.74, 6) is 2.52. The average molecular weight is 327 g/mol. The van der Waals surface area contributed by atoms with E-state index in [1.54, 1.807) is 0 Å². The largest absolute Gasteiger partial charge is 0.490 e. The molecule has 0 radical (unpaired) electrons. The summed E-state index contributed by atoms with van der Waals surface area (Å²) in [6.45, 7) is 10.0. The molecule has 0 amide bonds. The van der Waals surface area contributed by atoms with Crippen LogP contribution in [0.5, 0.6) is 11.5 Å². The maximum absolute atomic E-state index is 5.76. The third-order valence-corrected chi connectivity index (χ3v) is 4.20. The van der Waals surface area contributed by atoms with E-state index in [2.05, 4.69) is 27.0 Å². The zero-order valence-electron chi connectivity index (χ0n) is 14.7. The van der Waals surface area contributed by atoms with Crippen LogP contribution in [-0.4, -0.2) is 34.6 Å². The van der Waals surface area contributed by atoms with Crippen molar-refractivity contribution in [2.45, 2.75) is 40.3 Å². The second kappa shape index (κ2) is 7.62. The highest BCUT2D eigenvalue weighted by molar-refractivity contribution is 5.48. The minimum Gasteiger partial charge on any atom is -0.490 e. The van der Waals surface area contributed by atoms with Gasteiger partial charge in [0.25, 0.3) is 0 Å². The first-order valence-electron chi connectivity index (χ1n) is 8.60. The molecule has 0 saturated heterocycles. The van der Waals surface area contributed by atoms with Crippen molar-refractivity contribution in [3.63, 3.8) is 0 Å². The smallest absolute Gasteiger partial charge is 0.161 e. The van der Waals surface area contributed by atoms with Gasteiger partial charge in [0.15, 0.2) is 11.5 Å². The van der Waals surface area contributed by atoms with E-state index in [1.807, 2.05) is 33.2 Å². The number of ether oxygens (including phenoxy) is 2. The molecule has 0 bridgehead atoms. The molecule has 0 spiro atoms. The molecule has 0 aliphatic carbocycles. The van der Waals surface area contributed by atoms with Crippen LogP contribution < -0.4 is 9.47 Å². The van der Waals surface area contributed by atoms with Crippen molar-refractivity contribution in [1.82, 2.24) is 14.9 Å². The van der Waals surface area contributed by atoms with E-state index >= 15 is 0 Å². The Bertz CT molecular complexity index is 686. The molecule has 3 rings (SSSR count). The van der Waals surface area contributed by atoms with Crippen molar-refractivity contribution in [3.05, 3.63) is 47.0 Å². The Balaban J connectivity index is 1.76. The predicted molar refractivity (Wildman–Crippen MR) is 93.4 cm³/mol. The van der Waals surface area contributed by atoms with Gasteiger partial charge in [0.05, 0.1) is 13.2 Å². The molecule has 0 unspecified atom stereocenters. The van der Waals surface area contributed by atoms with Gasteiger partial charge in [-0.25, -0.2) is 9.97 Å². The lowest BCUT2D eigenvalue weighted by molar-refractivity contribution is 0.241. The summed E-state index contributed by atoms with van der Waals surface area (Å²) in [6.07, 6.45) is 4.86.